The predicted octanol–water partition coefficient (Wildman–Crippen LogP) is 2.98. The summed E-state index contributed by atoms with van der Waals surface area (Å²) in [5.41, 5.74) is 0. The van der Waals surface area contributed by atoms with Crippen LogP contribution in [-0.4, -0.2) is 24.3 Å². The van der Waals surface area contributed by atoms with Crippen LogP contribution in [0.5, 0.6) is 0 Å². The molecule has 0 spiro atoms. The third-order valence-electron chi connectivity index (χ3n) is 2.61. The summed E-state index contributed by atoms with van der Waals surface area (Å²) in [5, 5.41) is 2.16. The number of unbranched alkanes of at least 4 members (excludes halogenated alkanes) is 1. The Morgan fingerprint density at radius 1 is 1.23 bits per heavy atom. The molecule has 0 N–H and O–H groups in total. The molecule has 0 saturated carbocycles. The van der Waals surface area contributed by atoms with Gasteiger partial charge in [0.1, 0.15) is 0 Å². The standard InChI is InChI=1S/C11H23NO/c1-3-4-8-11(2)13-12-9-6-5-7-10-12/h11H,3-10H2,1-2H3. The Morgan fingerprint density at radius 2 is 1.92 bits per heavy atom. The van der Waals surface area contributed by atoms with Crippen molar-refractivity contribution in [1.29, 1.82) is 0 Å². The monoisotopic (exact) mass is 185 g/mol. The Labute approximate surface area is 82.2 Å². The van der Waals surface area contributed by atoms with E-state index in [1.54, 1.807) is 0 Å². The Kier molecular flexibility index (Phi) is 5.40. The summed E-state index contributed by atoms with van der Waals surface area (Å²) >= 11 is 0. The highest BCUT2D eigenvalue weighted by atomic mass is 16.7. The largest absolute Gasteiger partial charge is 0.296 e. The van der Waals surface area contributed by atoms with Crippen LogP contribution in [0, 0.1) is 0 Å². The highest BCUT2D eigenvalue weighted by Gasteiger charge is 2.13. The van der Waals surface area contributed by atoms with Crippen LogP contribution in [-0.2, 0) is 4.84 Å². The maximum absolute atomic E-state index is 5.83. The van der Waals surface area contributed by atoms with Gasteiger partial charge in [-0.1, -0.05) is 26.2 Å². The molecule has 1 unspecified atom stereocenters. The summed E-state index contributed by atoms with van der Waals surface area (Å²) in [6.45, 7) is 6.69. The van der Waals surface area contributed by atoms with Crippen LogP contribution in [0.25, 0.3) is 0 Å². The molecule has 0 aromatic heterocycles. The zero-order chi connectivity index (χ0) is 9.52. The molecule has 1 fully saturated rings. The van der Waals surface area contributed by atoms with Crippen LogP contribution < -0.4 is 0 Å². The van der Waals surface area contributed by atoms with Crippen LogP contribution in [0.4, 0.5) is 0 Å². The second kappa shape index (κ2) is 6.39. The highest BCUT2D eigenvalue weighted by Crippen LogP contribution is 2.12. The first-order valence-electron chi connectivity index (χ1n) is 5.74. The molecule has 0 aliphatic carbocycles. The van der Waals surface area contributed by atoms with Gasteiger partial charge in [0, 0.05) is 13.1 Å². The Morgan fingerprint density at radius 3 is 2.54 bits per heavy atom. The average Bonchev–Trinajstić information content (AvgIpc) is 2.16. The summed E-state index contributed by atoms with van der Waals surface area (Å²) in [5.74, 6) is 0. The van der Waals surface area contributed by atoms with E-state index in [4.69, 9.17) is 4.84 Å². The average molecular weight is 185 g/mol. The maximum Gasteiger partial charge on any atom is 0.0765 e. The minimum Gasteiger partial charge on any atom is -0.296 e. The van der Waals surface area contributed by atoms with Crippen LogP contribution in [0.2, 0.25) is 0 Å². The van der Waals surface area contributed by atoms with Crippen molar-refractivity contribution >= 4 is 0 Å². The molecule has 2 heteroatoms. The molecule has 1 atom stereocenters. The van der Waals surface area contributed by atoms with Crippen molar-refractivity contribution in [3.05, 3.63) is 0 Å². The quantitative estimate of drug-likeness (QED) is 0.653. The molecular weight excluding hydrogens is 162 g/mol. The van der Waals surface area contributed by atoms with Gasteiger partial charge in [-0.2, -0.15) is 5.06 Å². The molecule has 1 rings (SSSR count). The molecule has 78 valence electrons. The third kappa shape index (κ3) is 4.63. The molecule has 1 heterocycles. The van der Waals surface area contributed by atoms with Crippen molar-refractivity contribution < 1.29 is 4.84 Å². The van der Waals surface area contributed by atoms with Crippen LogP contribution in [0.1, 0.15) is 52.4 Å². The number of hydrogen-bond donors (Lipinski definition) is 0. The summed E-state index contributed by atoms with van der Waals surface area (Å²) in [6, 6.07) is 0. The molecule has 0 bridgehead atoms. The van der Waals surface area contributed by atoms with Gasteiger partial charge in [0.05, 0.1) is 6.10 Å². The molecule has 1 aliphatic heterocycles. The van der Waals surface area contributed by atoms with Crippen LogP contribution in [0.3, 0.4) is 0 Å². The van der Waals surface area contributed by atoms with Gasteiger partial charge in [-0.3, -0.25) is 4.84 Å². The summed E-state index contributed by atoms with van der Waals surface area (Å²) in [6.07, 6.45) is 8.16. The Balaban J connectivity index is 2.07. The summed E-state index contributed by atoms with van der Waals surface area (Å²) < 4.78 is 0. The van der Waals surface area contributed by atoms with E-state index < -0.39 is 0 Å². The predicted molar refractivity (Wildman–Crippen MR) is 55.5 cm³/mol. The molecule has 2 nitrogen and oxygen atoms in total. The van der Waals surface area contributed by atoms with Crippen molar-refractivity contribution in [2.75, 3.05) is 13.1 Å². The number of hydrogen-bond acceptors (Lipinski definition) is 2. The number of piperidine rings is 1. The van der Waals surface area contributed by atoms with E-state index >= 15 is 0 Å². The second-order valence-corrected chi connectivity index (χ2v) is 4.05. The van der Waals surface area contributed by atoms with E-state index in [0.717, 1.165) is 13.1 Å². The number of nitrogens with zero attached hydrogens (tertiary/aromatic N) is 1. The van der Waals surface area contributed by atoms with Gasteiger partial charge in [-0.15, -0.1) is 0 Å². The van der Waals surface area contributed by atoms with Gasteiger partial charge in [-0.25, -0.2) is 0 Å². The van der Waals surface area contributed by atoms with E-state index in [9.17, 15) is 0 Å². The minimum absolute atomic E-state index is 0.415. The first-order valence-corrected chi connectivity index (χ1v) is 5.74. The molecule has 13 heavy (non-hydrogen) atoms. The van der Waals surface area contributed by atoms with Gasteiger partial charge in [0.25, 0.3) is 0 Å². The van der Waals surface area contributed by atoms with Crippen molar-refractivity contribution in [3.63, 3.8) is 0 Å². The molecule has 0 amide bonds. The minimum atomic E-state index is 0.415. The van der Waals surface area contributed by atoms with Crippen LogP contribution in [0.15, 0.2) is 0 Å². The normalized spacial score (nSPS) is 21.7. The van der Waals surface area contributed by atoms with Gasteiger partial charge < -0.3 is 0 Å². The fourth-order valence-corrected chi connectivity index (χ4v) is 1.77. The van der Waals surface area contributed by atoms with Gasteiger partial charge >= 0.3 is 0 Å². The third-order valence-corrected chi connectivity index (χ3v) is 2.61. The smallest absolute Gasteiger partial charge is 0.0765 e. The first kappa shape index (κ1) is 11.0. The maximum atomic E-state index is 5.83. The van der Waals surface area contributed by atoms with Crippen molar-refractivity contribution in [3.8, 4) is 0 Å². The van der Waals surface area contributed by atoms with E-state index in [2.05, 4.69) is 18.9 Å². The molecule has 0 aromatic carbocycles. The van der Waals surface area contributed by atoms with E-state index in [-0.39, 0.29) is 0 Å². The molecular formula is C11H23NO. The fourth-order valence-electron chi connectivity index (χ4n) is 1.77. The Hall–Kier alpha value is -0.0800. The van der Waals surface area contributed by atoms with Gasteiger partial charge in [0.2, 0.25) is 0 Å². The lowest BCUT2D eigenvalue weighted by Crippen LogP contribution is -2.33. The summed E-state index contributed by atoms with van der Waals surface area (Å²) in [4.78, 5) is 5.83. The molecule has 1 saturated heterocycles. The lowest BCUT2D eigenvalue weighted by Gasteiger charge is -2.28. The van der Waals surface area contributed by atoms with Crippen molar-refractivity contribution in [2.45, 2.75) is 58.5 Å². The van der Waals surface area contributed by atoms with Crippen molar-refractivity contribution in [2.24, 2.45) is 0 Å². The van der Waals surface area contributed by atoms with Crippen molar-refractivity contribution in [1.82, 2.24) is 5.06 Å². The number of rotatable bonds is 5. The van der Waals surface area contributed by atoms with E-state index in [1.165, 1.54) is 38.5 Å². The number of hydroxylamine groups is 2. The summed E-state index contributed by atoms with van der Waals surface area (Å²) in [7, 11) is 0. The first-order chi connectivity index (χ1) is 6.33. The SMILES string of the molecule is CCCCC(C)ON1CCCCC1. The lowest BCUT2D eigenvalue weighted by molar-refractivity contribution is -0.202. The topological polar surface area (TPSA) is 12.5 Å². The second-order valence-electron chi connectivity index (χ2n) is 4.05. The van der Waals surface area contributed by atoms with Gasteiger partial charge in [0.15, 0.2) is 0 Å². The lowest BCUT2D eigenvalue weighted by atomic mass is 10.2. The van der Waals surface area contributed by atoms with Crippen LogP contribution >= 0.6 is 0 Å². The highest BCUT2D eigenvalue weighted by molar-refractivity contribution is 4.58. The molecule has 0 radical (unpaired) electrons. The Bertz CT molecular complexity index is 121. The molecule has 1 aliphatic rings. The zero-order valence-corrected chi connectivity index (χ0v) is 9.09. The van der Waals surface area contributed by atoms with E-state index in [0.29, 0.717) is 6.10 Å². The van der Waals surface area contributed by atoms with Gasteiger partial charge in [-0.05, 0) is 26.2 Å². The molecule has 0 aromatic rings. The zero-order valence-electron chi connectivity index (χ0n) is 9.09. The van der Waals surface area contributed by atoms with E-state index in [1.807, 2.05) is 0 Å². The fraction of sp³-hybridized carbons (Fsp3) is 1.00.